The average molecular weight is 526 g/mol. The molecule has 1 nitrogen and oxygen atoms in total. The van der Waals surface area contributed by atoms with Gasteiger partial charge in [0.1, 0.15) is 0 Å². The molecule has 3 aliphatic carbocycles. The molecule has 2 aromatic carbocycles. The summed E-state index contributed by atoms with van der Waals surface area (Å²) in [5, 5.41) is 1.48. The van der Waals surface area contributed by atoms with E-state index in [4.69, 9.17) is 0 Å². The number of halogens is 2. The monoisotopic (exact) mass is 523 g/mol. The van der Waals surface area contributed by atoms with Gasteiger partial charge < -0.3 is 24.8 Å². The number of rotatable bonds is 3. The van der Waals surface area contributed by atoms with Crippen LogP contribution in [-0.4, -0.2) is 4.57 Å². The molecule has 156 valence electrons. The third-order valence-corrected chi connectivity index (χ3v) is 11.5. The molecule has 4 heteroatoms. The molecule has 3 aromatic rings. The Bertz CT molecular complexity index is 1260. The normalized spacial score (nSPS) is 18.7. The molecule has 0 N–H and O–H groups in total. The summed E-state index contributed by atoms with van der Waals surface area (Å²) >= 11 is -0.788. The van der Waals surface area contributed by atoms with E-state index in [9.17, 15) is 0 Å². The third-order valence-electron chi connectivity index (χ3n) is 7.07. The van der Waals surface area contributed by atoms with Gasteiger partial charge in [-0.1, -0.05) is 0 Å². The maximum Gasteiger partial charge on any atom is -1.00 e. The van der Waals surface area contributed by atoms with Crippen LogP contribution in [0.25, 0.3) is 22.7 Å². The summed E-state index contributed by atoms with van der Waals surface area (Å²) in [6.45, 7) is 4.63. The van der Waals surface area contributed by atoms with Crippen LogP contribution in [0, 0.1) is 0 Å². The number of hydrogen-bond acceptors (Lipinski definition) is 0. The van der Waals surface area contributed by atoms with E-state index in [1.54, 1.807) is 31.4 Å². The number of hydrogen-bond donors (Lipinski definition) is 0. The minimum atomic E-state index is -0.788. The van der Waals surface area contributed by atoms with Crippen LogP contribution in [0.5, 0.6) is 0 Å². The van der Waals surface area contributed by atoms with Gasteiger partial charge in [-0.25, -0.2) is 0 Å². The van der Waals surface area contributed by atoms with Gasteiger partial charge in [0.25, 0.3) is 0 Å². The first kappa shape index (κ1) is 22.8. The molecule has 0 aliphatic heterocycles. The van der Waals surface area contributed by atoms with E-state index in [2.05, 4.69) is 79.1 Å². The standard InChI is InChI=1S/C20H16N.C7H9.2ClH.Zr/c1-2-7-15-13-16(12-14(15)6-1)21-19-10-4-3-8-17(19)18-9-5-11-20(18)21;1-6-4-3-5-7(6)2;;;/h1-4,6-8,10,12-13H,5,9,11H2;4H,3H2,1-2H3;2*1H;/q;;;;+2/p-2. The van der Waals surface area contributed by atoms with Crippen molar-refractivity contribution >= 4 is 22.7 Å². The fraction of sp³-hybridized carbons (Fsp3) is 0.259. The molecule has 0 amide bonds. The van der Waals surface area contributed by atoms with Gasteiger partial charge >= 0.3 is 185 Å². The second kappa shape index (κ2) is 8.89. The van der Waals surface area contributed by atoms with E-state index in [0.717, 1.165) is 0 Å². The zero-order chi connectivity index (χ0) is 19.5. The van der Waals surface area contributed by atoms with Gasteiger partial charge in [-0.05, 0) is 0 Å². The predicted molar refractivity (Wildman–Crippen MR) is 118 cm³/mol. The van der Waals surface area contributed by atoms with Crippen molar-refractivity contribution in [1.82, 2.24) is 4.57 Å². The Morgan fingerprint density at radius 3 is 2.52 bits per heavy atom. The van der Waals surface area contributed by atoms with Crippen LogP contribution in [0.15, 0.2) is 69.0 Å². The number of aromatic nitrogens is 1. The number of allylic oxidation sites excluding steroid dienone is 5. The molecule has 1 atom stereocenters. The van der Waals surface area contributed by atoms with Crippen molar-refractivity contribution in [3.63, 3.8) is 0 Å². The zero-order valence-electron chi connectivity index (χ0n) is 17.9. The molecule has 31 heavy (non-hydrogen) atoms. The fourth-order valence-corrected chi connectivity index (χ4v) is 9.75. The minimum absolute atomic E-state index is 0. The van der Waals surface area contributed by atoms with Crippen molar-refractivity contribution in [3.05, 3.63) is 91.4 Å². The van der Waals surface area contributed by atoms with Crippen LogP contribution in [0.4, 0.5) is 0 Å². The predicted octanol–water partition coefficient (Wildman–Crippen LogP) is 0.897. The Labute approximate surface area is 208 Å². The molecule has 1 aromatic heterocycles. The summed E-state index contributed by atoms with van der Waals surface area (Å²) in [6.07, 6.45) is 9.91. The summed E-state index contributed by atoms with van der Waals surface area (Å²) in [6, 6.07) is 18.2. The molecule has 0 fully saturated rings. The molecular formula is C27H25Cl2NZr. The average Bonchev–Trinajstić information content (AvgIpc) is 3.48. The number of nitrogens with zero attached hydrogens (tertiary/aromatic N) is 1. The van der Waals surface area contributed by atoms with Gasteiger partial charge in [0.05, 0.1) is 0 Å². The zero-order valence-corrected chi connectivity index (χ0v) is 21.9. The Balaban J connectivity index is 0.00000116. The summed E-state index contributed by atoms with van der Waals surface area (Å²) in [4.78, 5) is 0. The first-order valence-corrected chi connectivity index (χ1v) is 13.4. The van der Waals surface area contributed by atoms with Crippen LogP contribution in [0.1, 0.15) is 52.7 Å². The first-order valence-electron chi connectivity index (χ1n) is 10.8. The molecule has 0 saturated carbocycles. The van der Waals surface area contributed by atoms with Gasteiger partial charge in [0.15, 0.2) is 0 Å². The van der Waals surface area contributed by atoms with E-state index < -0.39 is 23.2 Å². The summed E-state index contributed by atoms with van der Waals surface area (Å²) in [7, 11) is 0. The second-order valence-electron chi connectivity index (χ2n) is 8.60. The molecule has 1 heterocycles. The van der Waals surface area contributed by atoms with Crippen molar-refractivity contribution in [2.45, 2.75) is 43.2 Å². The van der Waals surface area contributed by atoms with Crippen LogP contribution in [-0.2, 0) is 36.1 Å². The molecule has 0 bridgehead atoms. The molecular weight excluding hydrogens is 500 g/mol. The van der Waals surface area contributed by atoms with Crippen LogP contribution < -0.4 is 24.8 Å². The Hall–Kier alpha value is -1.34. The first-order chi connectivity index (χ1) is 14.2. The van der Waals surface area contributed by atoms with E-state index in [1.807, 2.05) is 0 Å². The van der Waals surface area contributed by atoms with Crippen molar-refractivity contribution in [2.75, 3.05) is 0 Å². The topological polar surface area (TPSA) is 4.93 Å². The van der Waals surface area contributed by atoms with Crippen LogP contribution in [0.2, 0.25) is 0 Å². The molecule has 3 aliphatic rings. The SMILES string of the molecule is CC1=CC[C]([Zr+2][CH]2C(n3c4c(c5ccccc53)CCC4)=Cc3ccccc32)=C1C.[Cl-].[Cl-]. The molecule has 6 rings (SSSR count). The third kappa shape index (κ3) is 3.56. The molecule has 0 spiro atoms. The van der Waals surface area contributed by atoms with Gasteiger partial charge in [0, 0.05) is 0 Å². The number of benzene rings is 2. The van der Waals surface area contributed by atoms with Gasteiger partial charge in [-0.3, -0.25) is 0 Å². The van der Waals surface area contributed by atoms with Crippen LogP contribution in [0.3, 0.4) is 0 Å². The Morgan fingerprint density at radius 2 is 1.71 bits per heavy atom. The second-order valence-corrected chi connectivity index (χ2v) is 12.2. The van der Waals surface area contributed by atoms with Gasteiger partial charge in [-0.2, -0.15) is 0 Å². The Morgan fingerprint density at radius 1 is 0.935 bits per heavy atom. The van der Waals surface area contributed by atoms with E-state index in [1.165, 1.54) is 47.7 Å². The van der Waals surface area contributed by atoms with Crippen molar-refractivity contribution < 1.29 is 48.0 Å². The number of fused-ring (bicyclic) bond motifs is 4. The van der Waals surface area contributed by atoms with Gasteiger partial charge in [0.2, 0.25) is 0 Å². The van der Waals surface area contributed by atoms with Gasteiger partial charge in [-0.15, -0.1) is 0 Å². The maximum atomic E-state index is 2.67. The van der Waals surface area contributed by atoms with Crippen molar-refractivity contribution in [3.8, 4) is 0 Å². The fourth-order valence-electron chi connectivity index (χ4n) is 5.42. The molecule has 0 radical (unpaired) electrons. The maximum absolute atomic E-state index is 2.67. The summed E-state index contributed by atoms with van der Waals surface area (Å²) in [5.41, 5.74) is 12.3. The molecule has 0 saturated heterocycles. The minimum Gasteiger partial charge on any atom is -1.00 e. The Kier molecular flexibility index (Phi) is 6.55. The summed E-state index contributed by atoms with van der Waals surface area (Å²) < 4.78 is 5.07. The van der Waals surface area contributed by atoms with Crippen molar-refractivity contribution in [2.24, 2.45) is 0 Å². The largest absolute Gasteiger partial charge is 1.00 e. The summed E-state index contributed by atoms with van der Waals surface area (Å²) in [5.74, 6) is 0. The number of para-hydroxylation sites is 1. The van der Waals surface area contributed by atoms with E-state index in [-0.39, 0.29) is 24.8 Å². The van der Waals surface area contributed by atoms with Crippen molar-refractivity contribution in [1.29, 1.82) is 0 Å². The van der Waals surface area contributed by atoms with E-state index in [0.29, 0.717) is 3.63 Å². The van der Waals surface area contributed by atoms with E-state index >= 15 is 0 Å². The molecule has 1 unspecified atom stereocenters. The quantitative estimate of drug-likeness (QED) is 0.479. The number of aryl methyl sites for hydroxylation is 1. The smallest absolute Gasteiger partial charge is 1.00 e. The van der Waals surface area contributed by atoms with Crippen LogP contribution >= 0.6 is 0 Å².